The van der Waals surface area contributed by atoms with Gasteiger partial charge in [0.05, 0.1) is 22.5 Å². The molecule has 8 heteroatoms. The highest BCUT2D eigenvalue weighted by Crippen LogP contribution is 2.24. The van der Waals surface area contributed by atoms with E-state index in [1.165, 1.54) is 28.9 Å². The van der Waals surface area contributed by atoms with E-state index in [9.17, 15) is 14.3 Å². The van der Waals surface area contributed by atoms with Crippen LogP contribution in [0.1, 0.15) is 16.1 Å². The highest BCUT2D eigenvalue weighted by molar-refractivity contribution is 6.08. The number of nitrogens with zero attached hydrogens (tertiary/aromatic N) is 3. The van der Waals surface area contributed by atoms with Gasteiger partial charge in [-0.2, -0.15) is 10.2 Å². The van der Waals surface area contributed by atoms with Crippen molar-refractivity contribution < 1.29 is 14.3 Å². The Kier molecular flexibility index (Phi) is 3.65. The Morgan fingerprint density at radius 1 is 1.23 bits per heavy atom. The first-order chi connectivity index (χ1) is 12.5. The number of hydrogen-bond acceptors (Lipinski definition) is 4. The van der Waals surface area contributed by atoms with E-state index in [1.54, 1.807) is 31.3 Å². The molecule has 0 aliphatic carbocycles. The van der Waals surface area contributed by atoms with Gasteiger partial charge in [-0.1, -0.05) is 0 Å². The van der Waals surface area contributed by atoms with E-state index >= 15 is 0 Å². The average Bonchev–Trinajstić information content (AvgIpc) is 3.19. The largest absolute Gasteiger partial charge is 0.508 e. The second-order valence-corrected chi connectivity index (χ2v) is 5.81. The van der Waals surface area contributed by atoms with E-state index < -0.39 is 0 Å². The number of phenolic OH excluding ortho intramolecular Hbond substituents is 1. The number of hydrogen-bond donors (Lipinski definition) is 3. The molecule has 2 aromatic heterocycles. The van der Waals surface area contributed by atoms with Crippen LogP contribution in [0.4, 0.5) is 10.2 Å². The number of fused-ring (bicyclic) bond motifs is 1. The Balaban J connectivity index is 1.63. The molecule has 130 valence electrons. The van der Waals surface area contributed by atoms with Gasteiger partial charge in [0, 0.05) is 17.6 Å². The van der Waals surface area contributed by atoms with Gasteiger partial charge in [0.1, 0.15) is 11.6 Å². The molecule has 1 amide bonds. The number of anilines is 1. The lowest BCUT2D eigenvalue weighted by Gasteiger charge is -2.01. The number of aromatic nitrogens is 4. The molecular formula is C18H14FN5O2. The molecule has 4 aromatic rings. The van der Waals surface area contributed by atoms with Crippen molar-refractivity contribution in [2.75, 3.05) is 5.32 Å². The van der Waals surface area contributed by atoms with Gasteiger partial charge in [0.15, 0.2) is 5.82 Å². The number of aryl methyl sites for hydroxylation is 1. The average molecular weight is 351 g/mol. The lowest BCUT2D eigenvalue weighted by Crippen LogP contribution is -2.12. The topological polar surface area (TPSA) is 95.8 Å². The fraction of sp³-hybridized carbons (Fsp3) is 0.0556. The summed E-state index contributed by atoms with van der Waals surface area (Å²) in [6.45, 7) is 1.72. The maximum atomic E-state index is 13.1. The summed E-state index contributed by atoms with van der Waals surface area (Å²) in [5.74, 6) is -0.237. The number of benzene rings is 2. The smallest absolute Gasteiger partial charge is 0.260 e. The standard InChI is InChI=1S/C18H14FN5O2/c1-10-15(9-24(23-10)12-4-2-11(19)3-5-12)18(26)20-17-14-7-6-13(25)8-16(14)21-22-17/h2-9,25H,1H3,(H2,20,21,22,26). The van der Waals surface area contributed by atoms with Gasteiger partial charge in [0.2, 0.25) is 0 Å². The number of phenols is 1. The van der Waals surface area contributed by atoms with Crippen LogP contribution in [0, 0.1) is 12.7 Å². The van der Waals surface area contributed by atoms with Crippen molar-refractivity contribution in [3.8, 4) is 11.4 Å². The molecule has 0 unspecified atom stereocenters. The van der Waals surface area contributed by atoms with Crippen molar-refractivity contribution in [2.24, 2.45) is 0 Å². The number of H-pyrrole nitrogens is 1. The Morgan fingerprint density at radius 3 is 2.77 bits per heavy atom. The van der Waals surface area contributed by atoms with Crippen molar-refractivity contribution in [3.05, 3.63) is 65.7 Å². The highest BCUT2D eigenvalue weighted by atomic mass is 19.1. The summed E-state index contributed by atoms with van der Waals surface area (Å²) in [6.07, 6.45) is 1.58. The Hall–Kier alpha value is -3.68. The summed E-state index contributed by atoms with van der Waals surface area (Å²) in [5.41, 5.74) is 2.17. The van der Waals surface area contributed by atoms with Gasteiger partial charge >= 0.3 is 0 Å². The molecule has 2 heterocycles. The van der Waals surface area contributed by atoms with Crippen molar-refractivity contribution in [1.82, 2.24) is 20.0 Å². The molecule has 0 atom stereocenters. The number of amides is 1. The summed E-state index contributed by atoms with van der Waals surface area (Å²) in [7, 11) is 0. The summed E-state index contributed by atoms with van der Waals surface area (Å²) < 4.78 is 14.6. The first-order valence-corrected chi connectivity index (χ1v) is 7.82. The van der Waals surface area contributed by atoms with Crippen LogP contribution in [0.25, 0.3) is 16.6 Å². The first-order valence-electron chi connectivity index (χ1n) is 7.82. The second kappa shape index (κ2) is 5.99. The molecule has 2 aromatic carbocycles. The highest BCUT2D eigenvalue weighted by Gasteiger charge is 2.17. The van der Waals surface area contributed by atoms with Crippen LogP contribution >= 0.6 is 0 Å². The van der Waals surface area contributed by atoms with Crippen LogP contribution in [0.2, 0.25) is 0 Å². The van der Waals surface area contributed by atoms with E-state index in [4.69, 9.17) is 0 Å². The Morgan fingerprint density at radius 2 is 2.00 bits per heavy atom. The summed E-state index contributed by atoms with van der Waals surface area (Å²) in [4.78, 5) is 12.6. The minimum absolute atomic E-state index is 0.107. The second-order valence-electron chi connectivity index (χ2n) is 5.81. The summed E-state index contributed by atoms with van der Waals surface area (Å²) in [5, 5.41) is 24.0. The van der Waals surface area contributed by atoms with Crippen molar-refractivity contribution >= 4 is 22.6 Å². The molecule has 26 heavy (non-hydrogen) atoms. The van der Waals surface area contributed by atoms with Crippen LogP contribution < -0.4 is 5.32 Å². The third-order valence-electron chi connectivity index (χ3n) is 4.01. The molecule has 0 radical (unpaired) electrons. The zero-order valence-electron chi connectivity index (χ0n) is 13.7. The predicted octanol–water partition coefficient (Wildman–Crippen LogP) is 3.15. The molecule has 4 rings (SSSR count). The zero-order valence-corrected chi connectivity index (χ0v) is 13.7. The maximum Gasteiger partial charge on any atom is 0.260 e. The number of carbonyl (C=O) groups is 1. The van der Waals surface area contributed by atoms with E-state index in [0.29, 0.717) is 33.7 Å². The van der Waals surface area contributed by atoms with Gasteiger partial charge < -0.3 is 10.4 Å². The molecule has 0 aliphatic heterocycles. The van der Waals surface area contributed by atoms with Crippen molar-refractivity contribution in [2.45, 2.75) is 6.92 Å². The quantitative estimate of drug-likeness (QED) is 0.528. The van der Waals surface area contributed by atoms with Crippen LogP contribution in [-0.2, 0) is 0 Å². The number of nitrogens with one attached hydrogen (secondary N) is 2. The number of aromatic amines is 1. The third kappa shape index (κ3) is 2.77. The molecule has 0 saturated carbocycles. The minimum atomic E-state index is -0.364. The lowest BCUT2D eigenvalue weighted by molar-refractivity contribution is 0.102. The minimum Gasteiger partial charge on any atom is -0.508 e. The van der Waals surface area contributed by atoms with Crippen LogP contribution in [0.5, 0.6) is 5.75 Å². The maximum absolute atomic E-state index is 13.1. The molecule has 0 bridgehead atoms. The van der Waals surface area contributed by atoms with Crippen molar-refractivity contribution in [1.29, 1.82) is 0 Å². The van der Waals surface area contributed by atoms with E-state index in [0.717, 1.165) is 0 Å². The van der Waals surface area contributed by atoms with E-state index in [2.05, 4.69) is 20.6 Å². The van der Waals surface area contributed by atoms with Gasteiger partial charge in [-0.15, -0.1) is 0 Å². The molecule has 0 saturated heterocycles. The molecular weight excluding hydrogens is 337 g/mol. The van der Waals surface area contributed by atoms with Crippen LogP contribution in [0.15, 0.2) is 48.7 Å². The van der Waals surface area contributed by atoms with Crippen molar-refractivity contribution in [3.63, 3.8) is 0 Å². The molecule has 3 N–H and O–H groups in total. The third-order valence-corrected chi connectivity index (χ3v) is 4.01. The first kappa shape index (κ1) is 15.8. The monoisotopic (exact) mass is 351 g/mol. The van der Waals surface area contributed by atoms with Gasteiger partial charge in [-0.3, -0.25) is 9.89 Å². The fourth-order valence-electron chi connectivity index (χ4n) is 2.69. The van der Waals surface area contributed by atoms with Gasteiger partial charge in [-0.05, 0) is 43.3 Å². The summed E-state index contributed by atoms with van der Waals surface area (Å²) in [6, 6.07) is 10.5. The normalized spacial score (nSPS) is 11.0. The van der Waals surface area contributed by atoms with E-state index in [-0.39, 0.29) is 17.5 Å². The summed E-state index contributed by atoms with van der Waals surface area (Å²) >= 11 is 0. The lowest BCUT2D eigenvalue weighted by atomic mass is 10.2. The fourth-order valence-corrected chi connectivity index (χ4v) is 2.69. The van der Waals surface area contributed by atoms with Gasteiger partial charge in [0.25, 0.3) is 5.91 Å². The number of aromatic hydroxyl groups is 1. The van der Waals surface area contributed by atoms with Crippen LogP contribution in [0.3, 0.4) is 0 Å². The number of rotatable bonds is 3. The molecule has 0 aliphatic rings. The SMILES string of the molecule is Cc1nn(-c2ccc(F)cc2)cc1C(=O)Nc1n[nH]c2cc(O)ccc12. The van der Waals surface area contributed by atoms with Crippen LogP contribution in [-0.4, -0.2) is 31.0 Å². The van der Waals surface area contributed by atoms with E-state index in [1.807, 2.05) is 0 Å². The molecule has 7 nitrogen and oxygen atoms in total. The Labute approximate surface area is 147 Å². The molecule has 0 fully saturated rings. The zero-order chi connectivity index (χ0) is 18.3. The number of carbonyl (C=O) groups excluding carboxylic acids is 1. The molecule has 0 spiro atoms. The van der Waals surface area contributed by atoms with Gasteiger partial charge in [-0.25, -0.2) is 9.07 Å². The Bertz CT molecular complexity index is 1110. The number of halogens is 1. The predicted molar refractivity (Wildman–Crippen MR) is 94.0 cm³/mol.